The number of anilines is 1. The van der Waals surface area contributed by atoms with Gasteiger partial charge in [-0.3, -0.25) is 4.79 Å². The van der Waals surface area contributed by atoms with Gasteiger partial charge < -0.3 is 10.1 Å². The molecule has 0 radical (unpaired) electrons. The average Bonchev–Trinajstić information content (AvgIpc) is 2.23. The maximum absolute atomic E-state index is 11.5. The molecule has 0 aliphatic rings. The molecule has 0 saturated heterocycles. The van der Waals surface area contributed by atoms with Crippen molar-refractivity contribution in [3.05, 3.63) is 23.2 Å². The Hall–Kier alpha value is -0.870. The minimum atomic E-state index is -0.0617. The number of carbonyl (C=O) groups is 1. The van der Waals surface area contributed by atoms with E-state index in [2.05, 4.69) is 5.32 Å². The second-order valence-electron chi connectivity index (χ2n) is 3.76. The number of benzene rings is 1. The van der Waals surface area contributed by atoms with E-state index in [1.807, 2.05) is 20.1 Å². The largest absolute Gasteiger partial charge is 0.487 e. The first-order valence-electron chi connectivity index (χ1n) is 5.28. The topological polar surface area (TPSA) is 38.3 Å². The van der Waals surface area contributed by atoms with Gasteiger partial charge in [0.15, 0.2) is 5.75 Å². The molecule has 3 nitrogen and oxygen atoms in total. The molecule has 0 heterocycles. The minimum absolute atomic E-state index is 0.00565. The summed E-state index contributed by atoms with van der Waals surface area (Å²) >= 11 is 7.52. The van der Waals surface area contributed by atoms with Crippen LogP contribution in [0.15, 0.2) is 18.2 Å². The van der Waals surface area contributed by atoms with Crippen molar-refractivity contribution >= 4 is 35.0 Å². The molecule has 0 unspecified atom stereocenters. The Morgan fingerprint density at radius 1 is 1.53 bits per heavy atom. The lowest BCUT2D eigenvalue weighted by atomic mass is 10.3. The molecule has 94 valence electrons. The highest BCUT2D eigenvalue weighted by Gasteiger charge is 2.12. The van der Waals surface area contributed by atoms with E-state index in [0.29, 0.717) is 22.2 Å². The number of para-hydroxylation sites is 1. The molecule has 1 aromatic rings. The number of ether oxygens (including phenoxy) is 1. The van der Waals surface area contributed by atoms with Crippen LogP contribution in [0.5, 0.6) is 5.75 Å². The monoisotopic (exact) mass is 273 g/mol. The predicted octanol–water partition coefficient (Wildman–Crippen LogP) is 3.43. The molecule has 0 bridgehead atoms. The van der Waals surface area contributed by atoms with E-state index in [-0.39, 0.29) is 12.0 Å². The number of hydrogen-bond acceptors (Lipinski definition) is 3. The van der Waals surface area contributed by atoms with Gasteiger partial charge in [-0.25, -0.2) is 0 Å². The third-order valence-corrected chi connectivity index (χ3v) is 2.72. The number of halogens is 1. The second-order valence-corrected chi connectivity index (χ2v) is 5.04. The summed E-state index contributed by atoms with van der Waals surface area (Å²) in [5.74, 6) is 0.875. The molecule has 5 heteroatoms. The molecule has 0 fully saturated rings. The van der Waals surface area contributed by atoms with Crippen molar-refractivity contribution in [1.29, 1.82) is 0 Å². The average molecular weight is 274 g/mol. The van der Waals surface area contributed by atoms with Crippen LogP contribution in [0.1, 0.15) is 13.8 Å². The van der Waals surface area contributed by atoms with Crippen molar-refractivity contribution in [2.45, 2.75) is 20.0 Å². The fourth-order valence-corrected chi connectivity index (χ4v) is 1.83. The third kappa shape index (κ3) is 4.48. The Bertz CT molecular complexity index is 396. The molecular formula is C12H16ClNO2S. The highest BCUT2D eigenvalue weighted by molar-refractivity contribution is 7.99. The van der Waals surface area contributed by atoms with Crippen LogP contribution in [-0.4, -0.2) is 24.0 Å². The molecule has 0 saturated carbocycles. The number of amides is 1. The molecule has 17 heavy (non-hydrogen) atoms. The van der Waals surface area contributed by atoms with Gasteiger partial charge in [-0.1, -0.05) is 17.7 Å². The fourth-order valence-electron chi connectivity index (χ4n) is 1.28. The van der Waals surface area contributed by atoms with Crippen LogP contribution < -0.4 is 10.1 Å². The Labute approximate surface area is 111 Å². The van der Waals surface area contributed by atoms with Gasteiger partial charge in [-0.15, -0.1) is 0 Å². The lowest BCUT2D eigenvalue weighted by molar-refractivity contribution is -0.113. The van der Waals surface area contributed by atoms with Crippen LogP contribution in [0.2, 0.25) is 5.02 Å². The maximum atomic E-state index is 11.5. The Balaban J connectivity index is 2.90. The zero-order valence-corrected chi connectivity index (χ0v) is 11.7. The van der Waals surface area contributed by atoms with Crippen molar-refractivity contribution in [1.82, 2.24) is 0 Å². The predicted molar refractivity (Wildman–Crippen MR) is 74.2 cm³/mol. The summed E-state index contributed by atoms with van der Waals surface area (Å²) in [6.07, 6.45) is 1.88. The summed E-state index contributed by atoms with van der Waals surface area (Å²) in [6, 6.07) is 5.30. The van der Waals surface area contributed by atoms with Gasteiger partial charge in [-0.2, -0.15) is 11.8 Å². The van der Waals surface area contributed by atoms with Crippen molar-refractivity contribution in [3.8, 4) is 5.75 Å². The van der Waals surface area contributed by atoms with Crippen LogP contribution in [0.4, 0.5) is 5.69 Å². The van der Waals surface area contributed by atoms with E-state index >= 15 is 0 Å². The zero-order chi connectivity index (χ0) is 12.8. The first-order chi connectivity index (χ1) is 8.04. The Morgan fingerprint density at radius 3 is 2.82 bits per heavy atom. The van der Waals surface area contributed by atoms with Crippen molar-refractivity contribution in [3.63, 3.8) is 0 Å². The molecule has 0 atom stereocenters. The van der Waals surface area contributed by atoms with Crippen molar-refractivity contribution in [2.75, 3.05) is 17.3 Å². The van der Waals surface area contributed by atoms with E-state index < -0.39 is 0 Å². The van der Waals surface area contributed by atoms with E-state index in [4.69, 9.17) is 16.3 Å². The van der Waals surface area contributed by atoms with Crippen LogP contribution >= 0.6 is 23.4 Å². The summed E-state index contributed by atoms with van der Waals surface area (Å²) < 4.78 is 5.60. The zero-order valence-electron chi connectivity index (χ0n) is 10.1. The van der Waals surface area contributed by atoms with E-state index in [0.717, 1.165) is 0 Å². The van der Waals surface area contributed by atoms with Gasteiger partial charge in [0, 0.05) is 0 Å². The highest BCUT2D eigenvalue weighted by Crippen LogP contribution is 2.33. The lowest BCUT2D eigenvalue weighted by Crippen LogP contribution is -2.16. The lowest BCUT2D eigenvalue weighted by Gasteiger charge is -2.16. The first-order valence-corrected chi connectivity index (χ1v) is 7.05. The van der Waals surface area contributed by atoms with Crippen molar-refractivity contribution < 1.29 is 9.53 Å². The Kier molecular flexibility index (Phi) is 5.65. The van der Waals surface area contributed by atoms with Crippen molar-refractivity contribution in [2.24, 2.45) is 0 Å². The van der Waals surface area contributed by atoms with Gasteiger partial charge in [-0.05, 0) is 32.2 Å². The Morgan fingerprint density at radius 2 is 2.24 bits per heavy atom. The molecule has 0 spiro atoms. The molecule has 0 aromatic heterocycles. The smallest absolute Gasteiger partial charge is 0.234 e. The van der Waals surface area contributed by atoms with Gasteiger partial charge >= 0.3 is 0 Å². The fraction of sp³-hybridized carbons (Fsp3) is 0.417. The third-order valence-electron chi connectivity index (χ3n) is 1.87. The van der Waals surface area contributed by atoms with Crippen LogP contribution in [0.25, 0.3) is 0 Å². The maximum Gasteiger partial charge on any atom is 0.234 e. The summed E-state index contributed by atoms with van der Waals surface area (Å²) in [5, 5.41) is 3.29. The molecule has 0 aliphatic carbocycles. The highest BCUT2D eigenvalue weighted by atomic mass is 35.5. The second kappa shape index (κ2) is 6.77. The number of carbonyl (C=O) groups excluding carboxylic acids is 1. The van der Waals surface area contributed by atoms with E-state index in [1.165, 1.54) is 11.8 Å². The number of thioether (sulfide) groups is 1. The molecular weight excluding hydrogens is 258 g/mol. The summed E-state index contributed by atoms with van der Waals surface area (Å²) in [7, 11) is 0. The molecule has 0 aliphatic heterocycles. The molecule has 1 N–H and O–H groups in total. The standard InChI is InChI=1S/C12H16ClNO2S/c1-8(2)16-12-9(13)5-4-6-10(12)14-11(15)7-17-3/h4-6,8H,7H2,1-3H3,(H,14,15). The van der Waals surface area contributed by atoms with Gasteiger partial charge in [0.05, 0.1) is 22.6 Å². The number of hydrogen-bond donors (Lipinski definition) is 1. The van der Waals surface area contributed by atoms with Gasteiger partial charge in [0.1, 0.15) is 0 Å². The quantitative estimate of drug-likeness (QED) is 0.893. The SMILES string of the molecule is CSCC(=O)Nc1cccc(Cl)c1OC(C)C. The van der Waals surface area contributed by atoms with Crippen LogP contribution in [0.3, 0.4) is 0 Å². The molecule has 1 aromatic carbocycles. The van der Waals surface area contributed by atoms with E-state index in [9.17, 15) is 4.79 Å². The summed E-state index contributed by atoms with van der Waals surface area (Å²) in [6.45, 7) is 3.83. The summed E-state index contributed by atoms with van der Waals surface area (Å²) in [4.78, 5) is 11.5. The van der Waals surface area contributed by atoms with E-state index in [1.54, 1.807) is 18.2 Å². The minimum Gasteiger partial charge on any atom is -0.487 e. The van der Waals surface area contributed by atoms with Gasteiger partial charge in [0.2, 0.25) is 5.91 Å². The normalized spacial score (nSPS) is 10.4. The number of rotatable bonds is 5. The molecule has 1 rings (SSSR count). The first kappa shape index (κ1) is 14.2. The summed E-state index contributed by atoms with van der Waals surface area (Å²) in [5.41, 5.74) is 0.616. The molecule has 1 amide bonds. The van der Waals surface area contributed by atoms with Crippen LogP contribution in [0, 0.1) is 0 Å². The number of nitrogens with one attached hydrogen (secondary N) is 1. The van der Waals surface area contributed by atoms with Crippen LogP contribution in [-0.2, 0) is 4.79 Å². The van der Waals surface area contributed by atoms with Gasteiger partial charge in [0.25, 0.3) is 0 Å².